The average molecular weight is 253 g/mol. The first-order valence-electron chi connectivity index (χ1n) is 6.07. The van der Waals surface area contributed by atoms with Crippen LogP contribution in [0.2, 0.25) is 0 Å². The van der Waals surface area contributed by atoms with Crippen molar-refractivity contribution in [1.82, 2.24) is 4.98 Å². The summed E-state index contributed by atoms with van der Waals surface area (Å²) in [7, 11) is 0. The molecule has 3 rings (SSSR count). The molecule has 0 aliphatic carbocycles. The van der Waals surface area contributed by atoms with E-state index < -0.39 is 0 Å². The van der Waals surface area contributed by atoms with Crippen molar-refractivity contribution in [3.05, 3.63) is 41.7 Å². The summed E-state index contributed by atoms with van der Waals surface area (Å²) in [6.45, 7) is 4.17. The standard InChI is InChI=1S/C15H15N3O/c1-8-3-4-10(5-9(8)2)11-6-18-7-12-13(11)14(16)15(17)19-12/h3-7H,16-17H2,1-2H3. The Morgan fingerprint density at radius 3 is 2.58 bits per heavy atom. The third-order valence-electron chi connectivity index (χ3n) is 3.48. The molecule has 3 aromatic rings. The van der Waals surface area contributed by atoms with Crippen LogP contribution in [0.25, 0.3) is 22.1 Å². The second-order valence-electron chi connectivity index (χ2n) is 4.74. The van der Waals surface area contributed by atoms with E-state index in [0.29, 0.717) is 11.3 Å². The molecule has 0 amide bonds. The van der Waals surface area contributed by atoms with Gasteiger partial charge in [-0.1, -0.05) is 18.2 Å². The van der Waals surface area contributed by atoms with Crippen LogP contribution in [0.3, 0.4) is 0 Å². The Morgan fingerprint density at radius 2 is 1.84 bits per heavy atom. The SMILES string of the molecule is Cc1ccc(-c2cncc3oc(N)c(N)c23)cc1C. The van der Waals surface area contributed by atoms with Crippen LogP contribution in [0, 0.1) is 13.8 Å². The van der Waals surface area contributed by atoms with Gasteiger partial charge in [0.15, 0.2) is 5.58 Å². The third kappa shape index (κ3) is 1.73. The maximum atomic E-state index is 6.00. The summed E-state index contributed by atoms with van der Waals surface area (Å²) in [6, 6.07) is 6.26. The van der Waals surface area contributed by atoms with Crippen LogP contribution in [-0.4, -0.2) is 4.98 Å². The molecule has 0 spiro atoms. The second-order valence-corrected chi connectivity index (χ2v) is 4.74. The Balaban J connectivity index is 2.33. The first-order valence-corrected chi connectivity index (χ1v) is 6.07. The zero-order chi connectivity index (χ0) is 13.6. The summed E-state index contributed by atoms with van der Waals surface area (Å²) in [4.78, 5) is 4.19. The lowest BCUT2D eigenvalue weighted by Gasteiger charge is -2.06. The van der Waals surface area contributed by atoms with Gasteiger partial charge in [-0.05, 0) is 30.5 Å². The van der Waals surface area contributed by atoms with E-state index in [-0.39, 0.29) is 5.88 Å². The van der Waals surface area contributed by atoms with Gasteiger partial charge in [0, 0.05) is 11.8 Å². The van der Waals surface area contributed by atoms with Crippen molar-refractivity contribution in [2.24, 2.45) is 0 Å². The van der Waals surface area contributed by atoms with E-state index in [4.69, 9.17) is 15.9 Å². The molecule has 0 aliphatic heterocycles. The number of aromatic nitrogens is 1. The van der Waals surface area contributed by atoms with E-state index in [1.807, 2.05) is 0 Å². The molecule has 0 bridgehead atoms. The fourth-order valence-corrected chi connectivity index (χ4v) is 2.22. The van der Waals surface area contributed by atoms with Gasteiger partial charge in [-0.15, -0.1) is 0 Å². The van der Waals surface area contributed by atoms with E-state index in [1.54, 1.807) is 12.4 Å². The Bertz CT molecular complexity index is 774. The lowest BCUT2D eigenvalue weighted by Crippen LogP contribution is -1.91. The number of aryl methyl sites for hydroxylation is 2. The van der Waals surface area contributed by atoms with Crippen molar-refractivity contribution in [3.8, 4) is 11.1 Å². The van der Waals surface area contributed by atoms with Crippen molar-refractivity contribution in [2.45, 2.75) is 13.8 Å². The minimum Gasteiger partial charge on any atom is -0.437 e. The van der Waals surface area contributed by atoms with Gasteiger partial charge in [0.1, 0.15) is 5.69 Å². The van der Waals surface area contributed by atoms with E-state index in [9.17, 15) is 0 Å². The molecule has 4 heteroatoms. The Morgan fingerprint density at radius 1 is 1.05 bits per heavy atom. The number of nitrogen functional groups attached to an aromatic ring is 2. The van der Waals surface area contributed by atoms with E-state index in [1.165, 1.54) is 11.1 Å². The number of nitrogens with two attached hydrogens (primary N) is 2. The molecule has 0 saturated carbocycles. The molecule has 1 aromatic carbocycles. The molecule has 2 aromatic heterocycles. The first kappa shape index (κ1) is 11.6. The zero-order valence-electron chi connectivity index (χ0n) is 10.9. The molecule has 0 aliphatic rings. The molecule has 0 fully saturated rings. The number of anilines is 2. The summed E-state index contributed by atoms with van der Waals surface area (Å²) in [5.41, 5.74) is 17.3. The highest BCUT2D eigenvalue weighted by molar-refractivity contribution is 6.04. The van der Waals surface area contributed by atoms with Crippen LogP contribution in [0.5, 0.6) is 0 Å². The molecule has 4 N–H and O–H groups in total. The molecule has 0 atom stereocenters. The van der Waals surface area contributed by atoms with Crippen LogP contribution in [0.1, 0.15) is 11.1 Å². The predicted octanol–water partition coefficient (Wildman–Crippen LogP) is 3.28. The molecule has 0 unspecified atom stereocenters. The van der Waals surface area contributed by atoms with Crippen LogP contribution >= 0.6 is 0 Å². The van der Waals surface area contributed by atoms with Crippen molar-refractivity contribution in [3.63, 3.8) is 0 Å². The molecular formula is C15H15N3O. The molecule has 4 nitrogen and oxygen atoms in total. The molecule has 0 saturated heterocycles. The van der Waals surface area contributed by atoms with Crippen LogP contribution in [0.4, 0.5) is 11.6 Å². The van der Waals surface area contributed by atoms with Gasteiger partial charge >= 0.3 is 0 Å². The number of hydrogen-bond donors (Lipinski definition) is 2. The van der Waals surface area contributed by atoms with Crippen LogP contribution in [-0.2, 0) is 0 Å². The summed E-state index contributed by atoms with van der Waals surface area (Å²) in [6.07, 6.45) is 3.42. The van der Waals surface area contributed by atoms with Crippen LogP contribution in [0.15, 0.2) is 35.0 Å². The van der Waals surface area contributed by atoms with Crippen molar-refractivity contribution in [1.29, 1.82) is 0 Å². The predicted molar refractivity (Wildman–Crippen MR) is 77.7 cm³/mol. The van der Waals surface area contributed by atoms with Gasteiger partial charge in [0.25, 0.3) is 0 Å². The van der Waals surface area contributed by atoms with Gasteiger partial charge in [0.05, 0.1) is 11.6 Å². The van der Waals surface area contributed by atoms with E-state index in [0.717, 1.165) is 16.5 Å². The highest BCUT2D eigenvalue weighted by Gasteiger charge is 2.14. The fourth-order valence-electron chi connectivity index (χ4n) is 2.22. The molecule has 0 radical (unpaired) electrons. The Kier molecular flexibility index (Phi) is 2.45. The molecule has 2 heterocycles. The number of rotatable bonds is 1. The Labute approximate surface area is 111 Å². The highest BCUT2D eigenvalue weighted by Crippen LogP contribution is 2.37. The summed E-state index contributed by atoms with van der Waals surface area (Å²) < 4.78 is 5.41. The summed E-state index contributed by atoms with van der Waals surface area (Å²) in [5, 5.41) is 0.829. The maximum absolute atomic E-state index is 6.00. The average Bonchev–Trinajstić information content (AvgIpc) is 2.69. The topological polar surface area (TPSA) is 78.1 Å². The minimum atomic E-state index is 0.244. The monoisotopic (exact) mass is 253 g/mol. The van der Waals surface area contributed by atoms with Crippen molar-refractivity contribution < 1.29 is 4.42 Å². The van der Waals surface area contributed by atoms with E-state index >= 15 is 0 Å². The fraction of sp³-hybridized carbons (Fsp3) is 0.133. The van der Waals surface area contributed by atoms with Crippen molar-refractivity contribution >= 4 is 22.5 Å². The van der Waals surface area contributed by atoms with Crippen molar-refractivity contribution in [2.75, 3.05) is 11.5 Å². The lowest BCUT2D eigenvalue weighted by molar-refractivity contribution is 0.637. The first-order chi connectivity index (χ1) is 9.08. The molecule has 96 valence electrons. The third-order valence-corrected chi connectivity index (χ3v) is 3.48. The van der Waals surface area contributed by atoms with Gasteiger partial charge in [-0.3, -0.25) is 4.98 Å². The number of nitrogens with zero attached hydrogens (tertiary/aromatic N) is 1. The summed E-state index contributed by atoms with van der Waals surface area (Å²) in [5.74, 6) is 0.244. The van der Waals surface area contributed by atoms with Gasteiger partial charge in [0.2, 0.25) is 5.88 Å². The number of hydrogen-bond acceptors (Lipinski definition) is 4. The molecule has 19 heavy (non-hydrogen) atoms. The number of pyridine rings is 1. The van der Waals surface area contributed by atoms with Gasteiger partial charge in [-0.2, -0.15) is 0 Å². The smallest absolute Gasteiger partial charge is 0.214 e. The molecular weight excluding hydrogens is 238 g/mol. The van der Waals surface area contributed by atoms with E-state index in [2.05, 4.69) is 37.0 Å². The van der Waals surface area contributed by atoms with Crippen LogP contribution < -0.4 is 11.5 Å². The second kappa shape index (κ2) is 4.02. The maximum Gasteiger partial charge on any atom is 0.214 e. The highest BCUT2D eigenvalue weighted by atomic mass is 16.3. The number of fused-ring (bicyclic) bond motifs is 1. The number of benzene rings is 1. The normalized spacial score (nSPS) is 11.1. The lowest BCUT2D eigenvalue weighted by atomic mass is 9.99. The number of furan rings is 1. The van der Waals surface area contributed by atoms with Gasteiger partial charge in [-0.25, -0.2) is 0 Å². The van der Waals surface area contributed by atoms with Gasteiger partial charge < -0.3 is 15.9 Å². The summed E-state index contributed by atoms with van der Waals surface area (Å²) >= 11 is 0. The minimum absolute atomic E-state index is 0.244. The largest absolute Gasteiger partial charge is 0.437 e. The zero-order valence-corrected chi connectivity index (χ0v) is 10.9. The quantitative estimate of drug-likeness (QED) is 0.697. The Hall–Kier alpha value is -2.49.